The van der Waals surface area contributed by atoms with Gasteiger partial charge in [-0.1, -0.05) is 35.0 Å². The van der Waals surface area contributed by atoms with Gasteiger partial charge in [-0.05, 0) is 61.6 Å². The molecule has 1 saturated carbocycles. The van der Waals surface area contributed by atoms with Crippen molar-refractivity contribution in [2.24, 2.45) is 0 Å². The Bertz CT molecular complexity index is 1610. The van der Waals surface area contributed by atoms with Gasteiger partial charge in [-0.2, -0.15) is 13.2 Å². The number of rotatable bonds is 6. The molecular weight excluding hydrogens is 549 g/mol. The minimum absolute atomic E-state index is 0.0291. The number of pyridine rings is 1. The Morgan fingerprint density at radius 2 is 1.95 bits per heavy atom. The number of hydrogen-bond acceptors (Lipinski definition) is 6. The standard InChI is InChI=1S/C29H22ClF3N2O5/c1-14-3-2-4-20(30)24(14)25-18(27(40-35-25)15-5-6-15)13-38-23-10-9-21-26(34-23)19(29(31,32)33)11-16-7-8-17(28(36)37)12-22(16)39-21/h2-4,7-10,12,15,19H,5-6,11,13H2,1H3,(H,36,37). The van der Waals surface area contributed by atoms with E-state index in [2.05, 4.69) is 10.1 Å². The summed E-state index contributed by atoms with van der Waals surface area (Å²) < 4.78 is 60.1. The minimum atomic E-state index is -4.64. The molecule has 2 aromatic heterocycles. The summed E-state index contributed by atoms with van der Waals surface area (Å²) in [5.41, 5.74) is 2.59. The average Bonchev–Trinajstić information content (AvgIpc) is 3.69. The number of hydrogen-bond donors (Lipinski definition) is 1. The second-order valence-corrected chi connectivity index (χ2v) is 10.3. The Kier molecular flexibility index (Phi) is 6.45. The van der Waals surface area contributed by atoms with Gasteiger partial charge in [0.15, 0.2) is 0 Å². The van der Waals surface area contributed by atoms with E-state index >= 15 is 0 Å². The molecule has 2 aromatic carbocycles. The maximum atomic E-state index is 14.2. The first-order chi connectivity index (χ1) is 19.1. The van der Waals surface area contributed by atoms with E-state index in [4.69, 9.17) is 25.6 Å². The first-order valence-electron chi connectivity index (χ1n) is 12.6. The molecule has 6 rings (SSSR count). The lowest BCUT2D eigenvalue weighted by Crippen LogP contribution is -2.23. The zero-order valence-electron chi connectivity index (χ0n) is 21.1. The highest BCUT2D eigenvalue weighted by Crippen LogP contribution is 2.48. The van der Waals surface area contributed by atoms with Crippen molar-refractivity contribution in [3.63, 3.8) is 0 Å². The average molecular weight is 571 g/mol. The number of nitrogens with zero attached hydrogens (tertiary/aromatic N) is 2. The van der Waals surface area contributed by atoms with Crippen LogP contribution in [0.25, 0.3) is 11.3 Å². The fourth-order valence-electron chi connectivity index (χ4n) is 4.92. The van der Waals surface area contributed by atoms with E-state index in [1.807, 2.05) is 19.1 Å². The van der Waals surface area contributed by atoms with Crippen LogP contribution in [0.2, 0.25) is 5.02 Å². The number of aromatic nitrogens is 2. The molecule has 206 valence electrons. The largest absolute Gasteiger partial charge is 0.478 e. The van der Waals surface area contributed by atoms with Gasteiger partial charge in [0.25, 0.3) is 0 Å². The quantitative estimate of drug-likeness (QED) is 0.252. The van der Waals surface area contributed by atoms with E-state index < -0.39 is 24.5 Å². The number of aryl methyl sites for hydroxylation is 1. The molecule has 4 aromatic rings. The third-order valence-corrected chi connectivity index (χ3v) is 7.45. The van der Waals surface area contributed by atoms with Crippen molar-refractivity contribution in [3.8, 4) is 28.6 Å². The molecule has 7 nitrogen and oxygen atoms in total. The molecule has 1 N–H and O–H groups in total. The van der Waals surface area contributed by atoms with Gasteiger partial charge < -0.3 is 19.1 Å². The lowest BCUT2D eigenvalue weighted by Gasteiger charge is -2.19. The third kappa shape index (κ3) is 4.88. The predicted molar refractivity (Wildman–Crippen MR) is 138 cm³/mol. The van der Waals surface area contributed by atoms with Gasteiger partial charge in [0.05, 0.1) is 21.8 Å². The summed E-state index contributed by atoms with van der Waals surface area (Å²) in [6.07, 6.45) is -3.22. The van der Waals surface area contributed by atoms with E-state index in [1.165, 1.54) is 30.3 Å². The van der Waals surface area contributed by atoms with Gasteiger partial charge in [-0.15, -0.1) is 0 Å². The monoisotopic (exact) mass is 570 g/mol. The van der Waals surface area contributed by atoms with Crippen molar-refractivity contribution in [2.45, 2.75) is 50.8 Å². The van der Waals surface area contributed by atoms with Crippen LogP contribution >= 0.6 is 11.6 Å². The van der Waals surface area contributed by atoms with Gasteiger partial charge in [0, 0.05) is 17.5 Å². The van der Waals surface area contributed by atoms with Crippen LogP contribution in [0.1, 0.15) is 63.2 Å². The van der Waals surface area contributed by atoms with Crippen LogP contribution in [0.4, 0.5) is 13.2 Å². The lowest BCUT2D eigenvalue weighted by molar-refractivity contribution is -0.151. The summed E-state index contributed by atoms with van der Waals surface area (Å²) >= 11 is 6.49. The summed E-state index contributed by atoms with van der Waals surface area (Å²) in [5.74, 6) is -2.44. The van der Waals surface area contributed by atoms with Crippen molar-refractivity contribution in [3.05, 3.63) is 87.3 Å². The van der Waals surface area contributed by atoms with Crippen LogP contribution in [0.5, 0.6) is 17.4 Å². The van der Waals surface area contributed by atoms with Crippen LogP contribution < -0.4 is 9.47 Å². The first kappa shape index (κ1) is 26.2. The second-order valence-electron chi connectivity index (χ2n) is 9.93. The predicted octanol–water partition coefficient (Wildman–Crippen LogP) is 7.85. The topological polar surface area (TPSA) is 94.7 Å². The molecule has 3 heterocycles. The van der Waals surface area contributed by atoms with Crippen molar-refractivity contribution < 1.29 is 37.1 Å². The van der Waals surface area contributed by atoms with E-state index in [0.717, 1.165) is 18.4 Å². The number of benzene rings is 2. The van der Waals surface area contributed by atoms with Crippen LogP contribution in [0, 0.1) is 6.92 Å². The summed E-state index contributed by atoms with van der Waals surface area (Å²) in [4.78, 5) is 15.6. The second kappa shape index (κ2) is 9.85. The molecule has 1 atom stereocenters. The number of aromatic carboxylic acids is 1. The van der Waals surface area contributed by atoms with Crippen LogP contribution in [0.3, 0.4) is 0 Å². The van der Waals surface area contributed by atoms with E-state index in [-0.39, 0.29) is 46.7 Å². The Morgan fingerprint density at radius 1 is 1.15 bits per heavy atom. The molecule has 1 unspecified atom stereocenters. The molecule has 0 amide bonds. The fraction of sp³-hybridized carbons (Fsp3) is 0.276. The zero-order valence-corrected chi connectivity index (χ0v) is 21.8. The summed E-state index contributed by atoms with van der Waals surface area (Å²) in [6.45, 7) is 1.86. The van der Waals surface area contributed by atoms with Gasteiger partial charge in [0.2, 0.25) is 5.88 Å². The molecule has 2 aliphatic rings. The fourth-order valence-corrected chi connectivity index (χ4v) is 5.23. The summed E-state index contributed by atoms with van der Waals surface area (Å²) in [6, 6.07) is 12.1. The van der Waals surface area contributed by atoms with Crippen molar-refractivity contribution in [1.82, 2.24) is 10.1 Å². The lowest BCUT2D eigenvalue weighted by atomic mass is 9.94. The molecule has 0 radical (unpaired) electrons. The van der Waals surface area contributed by atoms with Crippen LogP contribution in [-0.2, 0) is 13.0 Å². The Balaban J connectivity index is 1.35. The number of ether oxygens (including phenoxy) is 2. The number of carboxylic acid groups (broad SMARTS) is 1. The van der Waals surface area contributed by atoms with E-state index in [0.29, 0.717) is 27.6 Å². The highest BCUT2D eigenvalue weighted by molar-refractivity contribution is 6.33. The molecule has 1 aliphatic heterocycles. The Hall–Kier alpha value is -4.05. The molecule has 11 heteroatoms. The van der Waals surface area contributed by atoms with E-state index in [1.54, 1.807) is 6.07 Å². The van der Waals surface area contributed by atoms with Crippen molar-refractivity contribution in [1.29, 1.82) is 0 Å². The Morgan fingerprint density at radius 3 is 2.65 bits per heavy atom. The summed E-state index contributed by atoms with van der Waals surface area (Å²) in [5, 5.41) is 14.1. The molecule has 40 heavy (non-hydrogen) atoms. The van der Waals surface area contributed by atoms with Gasteiger partial charge >= 0.3 is 12.1 Å². The maximum absolute atomic E-state index is 14.2. The molecule has 0 bridgehead atoms. The maximum Gasteiger partial charge on any atom is 0.397 e. The smallest absolute Gasteiger partial charge is 0.397 e. The highest BCUT2D eigenvalue weighted by atomic mass is 35.5. The molecule has 1 aliphatic carbocycles. The molecule has 0 spiro atoms. The van der Waals surface area contributed by atoms with Crippen LogP contribution in [-0.4, -0.2) is 27.4 Å². The first-order valence-corrected chi connectivity index (χ1v) is 13.0. The highest BCUT2D eigenvalue weighted by Gasteiger charge is 2.45. The van der Waals surface area contributed by atoms with E-state index in [9.17, 15) is 23.1 Å². The SMILES string of the molecule is Cc1cccc(Cl)c1-c1noc(C2CC2)c1COc1ccc2c(n1)C(C(F)(F)F)Cc1ccc(C(=O)O)cc1O2. The minimum Gasteiger partial charge on any atom is -0.478 e. The molecule has 0 saturated heterocycles. The molecular formula is C29H22ClF3N2O5. The number of fused-ring (bicyclic) bond motifs is 2. The zero-order chi connectivity index (χ0) is 28.2. The normalized spacial score (nSPS) is 16.5. The number of carboxylic acids is 1. The number of alkyl halides is 3. The van der Waals surface area contributed by atoms with Gasteiger partial charge in [-0.3, -0.25) is 0 Å². The van der Waals surface area contributed by atoms with Gasteiger partial charge in [-0.25, -0.2) is 9.78 Å². The van der Waals surface area contributed by atoms with Crippen molar-refractivity contribution in [2.75, 3.05) is 0 Å². The molecule has 1 fully saturated rings. The third-order valence-electron chi connectivity index (χ3n) is 7.13. The summed E-state index contributed by atoms with van der Waals surface area (Å²) in [7, 11) is 0. The van der Waals surface area contributed by atoms with Crippen LogP contribution in [0.15, 0.2) is 53.1 Å². The number of carbonyl (C=O) groups is 1. The van der Waals surface area contributed by atoms with Gasteiger partial charge in [0.1, 0.15) is 35.5 Å². The Labute approximate surface area is 231 Å². The van der Waals surface area contributed by atoms with Crippen molar-refractivity contribution >= 4 is 17.6 Å². The number of halogens is 4.